The molecule has 5 heteroatoms. The predicted molar refractivity (Wildman–Crippen MR) is 76.4 cm³/mol. The van der Waals surface area contributed by atoms with Crippen LogP contribution in [-0.4, -0.2) is 40.6 Å². The fourth-order valence-electron chi connectivity index (χ4n) is 3.36. The fraction of sp³-hybridized carbons (Fsp3) is 0.846. The molecule has 0 unspecified atom stereocenters. The predicted octanol–water partition coefficient (Wildman–Crippen LogP) is 1.40. The van der Waals surface area contributed by atoms with Crippen molar-refractivity contribution in [3.05, 3.63) is 0 Å². The van der Waals surface area contributed by atoms with E-state index in [1.54, 1.807) is 6.92 Å². The molecular formula is C13H23N3OS. The quantitative estimate of drug-likeness (QED) is 0.744. The molecular weight excluding hydrogens is 246 g/mol. The number of nitrogens with one attached hydrogen (secondary N) is 2. The highest BCUT2D eigenvalue weighted by atomic mass is 32.1. The summed E-state index contributed by atoms with van der Waals surface area (Å²) in [6.07, 6.45) is 5.73. The minimum Gasteiger partial charge on any atom is -0.363 e. The Bertz CT molecular complexity index is 320. The third-order valence-corrected chi connectivity index (χ3v) is 4.30. The molecule has 2 atom stereocenters. The van der Waals surface area contributed by atoms with Crippen molar-refractivity contribution in [1.29, 1.82) is 0 Å². The number of carbonyl (C=O) groups is 1. The van der Waals surface area contributed by atoms with Gasteiger partial charge in [0.25, 0.3) is 0 Å². The second kappa shape index (κ2) is 5.87. The largest absolute Gasteiger partial charge is 0.363 e. The molecule has 0 aromatic rings. The van der Waals surface area contributed by atoms with Gasteiger partial charge in [0.15, 0.2) is 5.11 Å². The maximum atomic E-state index is 11.2. The lowest BCUT2D eigenvalue weighted by Crippen LogP contribution is -2.60. The molecule has 2 N–H and O–H groups in total. The molecule has 0 spiro atoms. The summed E-state index contributed by atoms with van der Waals surface area (Å²) in [5.41, 5.74) is 0. The lowest BCUT2D eigenvalue weighted by molar-refractivity contribution is -0.120. The number of hydrogen-bond donors (Lipinski definition) is 2. The van der Waals surface area contributed by atoms with Crippen LogP contribution in [0, 0.1) is 0 Å². The van der Waals surface area contributed by atoms with Crippen molar-refractivity contribution in [2.45, 2.75) is 64.1 Å². The van der Waals surface area contributed by atoms with Gasteiger partial charge < -0.3 is 15.5 Å². The number of carbonyl (C=O) groups excluding carboxylic acids is 1. The van der Waals surface area contributed by atoms with E-state index in [1.165, 1.54) is 19.3 Å². The highest BCUT2D eigenvalue weighted by Gasteiger charge is 2.39. The molecule has 1 amide bonds. The molecule has 102 valence electrons. The van der Waals surface area contributed by atoms with Gasteiger partial charge in [0.2, 0.25) is 5.91 Å². The van der Waals surface area contributed by atoms with Gasteiger partial charge in [-0.25, -0.2) is 0 Å². The van der Waals surface area contributed by atoms with Crippen molar-refractivity contribution in [3.63, 3.8) is 0 Å². The van der Waals surface area contributed by atoms with E-state index < -0.39 is 0 Å². The van der Waals surface area contributed by atoms with Crippen LogP contribution < -0.4 is 10.6 Å². The van der Waals surface area contributed by atoms with Crippen molar-refractivity contribution in [3.8, 4) is 0 Å². The molecule has 0 aliphatic carbocycles. The second-order valence-corrected chi connectivity index (χ2v) is 5.74. The third-order valence-electron chi connectivity index (χ3n) is 3.94. The van der Waals surface area contributed by atoms with Crippen LogP contribution in [0.4, 0.5) is 0 Å². The van der Waals surface area contributed by atoms with Crippen LogP contribution in [0.25, 0.3) is 0 Å². The zero-order chi connectivity index (χ0) is 13.1. The number of piperidine rings is 2. The Kier molecular flexibility index (Phi) is 4.43. The van der Waals surface area contributed by atoms with Crippen LogP contribution in [0.5, 0.6) is 0 Å². The Balaban J connectivity index is 2.03. The zero-order valence-electron chi connectivity index (χ0n) is 11.2. The number of rotatable bonds is 2. The first kappa shape index (κ1) is 13.6. The monoisotopic (exact) mass is 269 g/mol. The Morgan fingerprint density at radius 2 is 1.94 bits per heavy atom. The van der Waals surface area contributed by atoms with E-state index in [-0.39, 0.29) is 5.91 Å². The summed E-state index contributed by atoms with van der Waals surface area (Å²) in [5.74, 6) is 0.0841. The van der Waals surface area contributed by atoms with Crippen LogP contribution in [0.15, 0.2) is 0 Å². The molecule has 2 aliphatic heterocycles. The van der Waals surface area contributed by atoms with E-state index in [1.807, 2.05) is 0 Å². The summed E-state index contributed by atoms with van der Waals surface area (Å²) in [6, 6.07) is 1.33. The lowest BCUT2D eigenvalue weighted by atomic mass is 9.82. The first-order valence-corrected chi connectivity index (χ1v) is 7.36. The lowest BCUT2D eigenvalue weighted by Gasteiger charge is -2.50. The van der Waals surface area contributed by atoms with Crippen LogP contribution in [0.1, 0.15) is 46.0 Å². The second-order valence-electron chi connectivity index (χ2n) is 5.35. The van der Waals surface area contributed by atoms with Crippen LogP contribution in [0.2, 0.25) is 0 Å². The number of amides is 1. The summed E-state index contributed by atoms with van der Waals surface area (Å²) >= 11 is 5.48. The van der Waals surface area contributed by atoms with Gasteiger partial charge in [0.1, 0.15) is 0 Å². The first-order chi connectivity index (χ1) is 8.61. The highest BCUT2D eigenvalue weighted by molar-refractivity contribution is 7.80. The number of hydrogen-bond acceptors (Lipinski definition) is 2. The Morgan fingerprint density at radius 1 is 1.33 bits per heavy atom. The molecule has 0 aromatic heterocycles. The number of fused-ring (bicyclic) bond motifs is 2. The van der Waals surface area contributed by atoms with E-state index in [2.05, 4.69) is 22.5 Å². The Morgan fingerprint density at radius 3 is 2.44 bits per heavy atom. The first-order valence-electron chi connectivity index (χ1n) is 6.95. The zero-order valence-corrected chi connectivity index (χ0v) is 12.1. The fourth-order valence-corrected chi connectivity index (χ4v) is 3.80. The molecule has 0 aromatic carbocycles. The molecule has 2 heterocycles. The van der Waals surface area contributed by atoms with E-state index in [9.17, 15) is 4.79 Å². The molecule has 18 heavy (non-hydrogen) atoms. The molecule has 2 aliphatic rings. The molecule has 2 rings (SSSR count). The molecule has 2 saturated heterocycles. The van der Waals surface area contributed by atoms with Crippen LogP contribution in [-0.2, 0) is 4.79 Å². The third kappa shape index (κ3) is 2.94. The summed E-state index contributed by atoms with van der Waals surface area (Å²) in [4.78, 5) is 13.6. The van der Waals surface area contributed by atoms with Crippen molar-refractivity contribution < 1.29 is 4.79 Å². The topological polar surface area (TPSA) is 44.4 Å². The van der Waals surface area contributed by atoms with Crippen molar-refractivity contribution in [1.82, 2.24) is 15.5 Å². The minimum atomic E-state index is 0.0841. The number of nitrogens with zero attached hydrogens (tertiary/aromatic N) is 1. The normalized spacial score (nSPS) is 30.8. The van der Waals surface area contributed by atoms with Gasteiger partial charge in [-0.3, -0.25) is 4.79 Å². The van der Waals surface area contributed by atoms with E-state index >= 15 is 0 Å². The molecule has 2 fully saturated rings. The maximum absolute atomic E-state index is 11.2. The molecule has 2 bridgehead atoms. The molecule has 4 nitrogen and oxygen atoms in total. The maximum Gasteiger partial charge on any atom is 0.217 e. The summed E-state index contributed by atoms with van der Waals surface area (Å²) in [6.45, 7) is 4.56. The van der Waals surface area contributed by atoms with Gasteiger partial charge >= 0.3 is 0 Å². The Labute approximate surface area is 114 Å². The summed E-state index contributed by atoms with van der Waals surface area (Å²) < 4.78 is 0. The van der Waals surface area contributed by atoms with Gasteiger partial charge in [0.05, 0.1) is 0 Å². The Hall–Kier alpha value is -0.840. The van der Waals surface area contributed by atoms with Gasteiger partial charge in [-0.15, -0.1) is 0 Å². The van der Waals surface area contributed by atoms with Gasteiger partial charge in [-0.05, 0) is 51.2 Å². The van der Waals surface area contributed by atoms with Crippen molar-refractivity contribution in [2.75, 3.05) is 6.54 Å². The van der Waals surface area contributed by atoms with E-state index in [4.69, 9.17) is 12.2 Å². The van der Waals surface area contributed by atoms with E-state index in [0.29, 0.717) is 18.1 Å². The average molecular weight is 269 g/mol. The highest BCUT2D eigenvalue weighted by Crippen LogP contribution is 2.34. The smallest absolute Gasteiger partial charge is 0.217 e. The van der Waals surface area contributed by atoms with Crippen LogP contribution >= 0.6 is 12.2 Å². The average Bonchev–Trinajstić information content (AvgIpc) is 2.27. The number of thiocarbonyl (C=S) groups is 1. The minimum absolute atomic E-state index is 0.0841. The SMILES string of the molecule is CCNC(=S)N1[C@H]2CCC[C@H]1CC(NC(C)=O)C2. The van der Waals surface area contributed by atoms with Gasteiger partial charge in [-0.1, -0.05) is 0 Å². The van der Waals surface area contributed by atoms with Crippen molar-refractivity contribution >= 4 is 23.2 Å². The van der Waals surface area contributed by atoms with Gasteiger partial charge in [-0.2, -0.15) is 0 Å². The van der Waals surface area contributed by atoms with Gasteiger partial charge in [0, 0.05) is 31.6 Å². The van der Waals surface area contributed by atoms with Crippen molar-refractivity contribution in [2.24, 2.45) is 0 Å². The summed E-state index contributed by atoms with van der Waals surface area (Å²) in [5, 5.41) is 7.24. The molecule has 0 radical (unpaired) electrons. The summed E-state index contributed by atoms with van der Waals surface area (Å²) in [7, 11) is 0. The van der Waals surface area contributed by atoms with Crippen LogP contribution in [0.3, 0.4) is 0 Å². The standard InChI is InChI=1S/C13H23N3OS/c1-3-14-13(18)16-11-5-4-6-12(16)8-10(7-11)15-9(2)17/h10-12H,3-8H2,1-2H3,(H,14,18)(H,15,17)/t11-,12-/m0/s1. The molecule has 0 saturated carbocycles. The van der Waals surface area contributed by atoms with E-state index in [0.717, 1.165) is 24.5 Å².